The summed E-state index contributed by atoms with van der Waals surface area (Å²) in [5.74, 6) is -1.07. The highest BCUT2D eigenvalue weighted by atomic mass is 16.4. The van der Waals surface area contributed by atoms with Crippen molar-refractivity contribution < 1.29 is 14.7 Å². The van der Waals surface area contributed by atoms with Crippen molar-refractivity contribution in [2.24, 2.45) is 5.41 Å². The summed E-state index contributed by atoms with van der Waals surface area (Å²) < 4.78 is 0. The van der Waals surface area contributed by atoms with Crippen LogP contribution in [0.4, 0.5) is 0 Å². The lowest BCUT2D eigenvalue weighted by Gasteiger charge is -2.37. The maximum atomic E-state index is 12.1. The van der Waals surface area contributed by atoms with Gasteiger partial charge in [-0.2, -0.15) is 5.10 Å². The molecule has 0 unspecified atom stereocenters. The molecule has 1 amide bonds. The first-order valence-corrected chi connectivity index (χ1v) is 6.55. The summed E-state index contributed by atoms with van der Waals surface area (Å²) in [7, 11) is 0. The van der Waals surface area contributed by atoms with E-state index in [1.807, 2.05) is 0 Å². The third-order valence-electron chi connectivity index (χ3n) is 4.05. The number of aromatic amines is 1. The Morgan fingerprint density at radius 3 is 2.85 bits per heavy atom. The van der Waals surface area contributed by atoms with Crippen molar-refractivity contribution in [1.29, 1.82) is 0 Å². The van der Waals surface area contributed by atoms with Gasteiger partial charge in [0.1, 0.15) is 0 Å². The van der Waals surface area contributed by atoms with E-state index < -0.39 is 11.4 Å². The van der Waals surface area contributed by atoms with Crippen molar-refractivity contribution in [3.05, 3.63) is 30.0 Å². The number of nitrogens with zero attached hydrogens (tertiary/aromatic N) is 1. The topological polar surface area (TPSA) is 95.1 Å². The lowest BCUT2D eigenvalue weighted by Crippen LogP contribution is -2.47. The Kier molecular flexibility index (Phi) is 2.93. The van der Waals surface area contributed by atoms with Crippen LogP contribution in [0.15, 0.2) is 24.4 Å². The smallest absolute Gasteiger partial charge is 0.311 e. The van der Waals surface area contributed by atoms with E-state index in [9.17, 15) is 14.7 Å². The lowest BCUT2D eigenvalue weighted by molar-refractivity contribution is -0.153. The number of benzene rings is 1. The van der Waals surface area contributed by atoms with Gasteiger partial charge in [-0.15, -0.1) is 0 Å². The number of hydrogen-bond acceptors (Lipinski definition) is 3. The van der Waals surface area contributed by atoms with Crippen LogP contribution in [0.2, 0.25) is 0 Å². The second-order valence-electron chi connectivity index (χ2n) is 5.29. The average molecular weight is 273 g/mol. The Balaban J connectivity index is 1.71. The van der Waals surface area contributed by atoms with Gasteiger partial charge in [-0.25, -0.2) is 0 Å². The second-order valence-corrected chi connectivity index (χ2v) is 5.29. The normalized spacial score (nSPS) is 16.6. The van der Waals surface area contributed by atoms with Crippen LogP contribution >= 0.6 is 0 Å². The molecule has 6 heteroatoms. The second kappa shape index (κ2) is 4.63. The lowest BCUT2D eigenvalue weighted by atomic mass is 9.69. The number of carbonyl (C=O) groups excluding carboxylic acids is 1. The molecule has 0 atom stereocenters. The number of carboxylic acids is 1. The van der Waals surface area contributed by atoms with Gasteiger partial charge in [0.2, 0.25) is 0 Å². The Labute approximate surface area is 115 Å². The predicted octanol–water partition coefficient (Wildman–Crippen LogP) is 1.55. The molecule has 104 valence electrons. The number of hydrogen-bond donors (Lipinski definition) is 3. The standard InChI is InChI=1S/C14H15N3O3/c18-12(15-8-14(13(19)20)4-1-5-14)9-2-3-11-10(6-9)7-16-17-11/h2-3,6-7H,1,4-5,8H2,(H,15,18)(H,16,17)(H,19,20). The molecule has 1 aromatic carbocycles. The molecule has 0 aliphatic heterocycles. The van der Waals surface area contributed by atoms with Gasteiger partial charge in [0.05, 0.1) is 17.1 Å². The zero-order valence-electron chi connectivity index (χ0n) is 10.8. The molecule has 20 heavy (non-hydrogen) atoms. The largest absolute Gasteiger partial charge is 0.481 e. The highest BCUT2D eigenvalue weighted by Gasteiger charge is 2.44. The number of H-pyrrole nitrogens is 1. The zero-order chi connectivity index (χ0) is 14.2. The fourth-order valence-electron chi connectivity index (χ4n) is 2.51. The molecular formula is C14H15N3O3. The monoisotopic (exact) mass is 273 g/mol. The Hall–Kier alpha value is -2.37. The van der Waals surface area contributed by atoms with Gasteiger partial charge in [-0.3, -0.25) is 14.7 Å². The number of fused-ring (bicyclic) bond motifs is 1. The average Bonchev–Trinajstić information content (AvgIpc) is 2.83. The van der Waals surface area contributed by atoms with Crippen LogP contribution in [0.5, 0.6) is 0 Å². The van der Waals surface area contributed by atoms with Gasteiger partial charge >= 0.3 is 5.97 Å². The van der Waals surface area contributed by atoms with E-state index >= 15 is 0 Å². The third kappa shape index (κ3) is 2.03. The molecule has 0 spiro atoms. The van der Waals surface area contributed by atoms with Crippen molar-refractivity contribution in [1.82, 2.24) is 15.5 Å². The Bertz CT molecular complexity index is 673. The third-order valence-corrected chi connectivity index (χ3v) is 4.05. The number of nitrogens with one attached hydrogen (secondary N) is 2. The molecule has 1 aliphatic rings. The number of carboxylic acid groups (broad SMARTS) is 1. The first-order valence-electron chi connectivity index (χ1n) is 6.55. The van der Waals surface area contributed by atoms with E-state index in [-0.39, 0.29) is 12.5 Å². The van der Waals surface area contributed by atoms with Gasteiger partial charge in [0.15, 0.2) is 0 Å². The summed E-state index contributed by atoms with van der Waals surface area (Å²) in [4.78, 5) is 23.3. The van der Waals surface area contributed by atoms with Crippen molar-refractivity contribution in [2.45, 2.75) is 19.3 Å². The van der Waals surface area contributed by atoms with Crippen LogP contribution in [0.25, 0.3) is 10.9 Å². The van der Waals surface area contributed by atoms with E-state index in [1.165, 1.54) is 0 Å². The minimum Gasteiger partial charge on any atom is -0.481 e. The summed E-state index contributed by atoms with van der Waals surface area (Å²) in [6.45, 7) is 0.185. The first kappa shape index (κ1) is 12.7. The van der Waals surface area contributed by atoms with Gasteiger partial charge < -0.3 is 10.4 Å². The summed E-state index contributed by atoms with van der Waals surface area (Å²) in [5, 5.41) is 19.5. The number of aromatic nitrogens is 2. The number of rotatable bonds is 4. The van der Waals surface area contributed by atoms with Crippen LogP contribution in [-0.4, -0.2) is 33.7 Å². The van der Waals surface area contributed by atoms with Crippen molar-refractivity contribution in [2.75, 3.05) is 6.54 Å². The summed E-state index contributed by atoms with van der Waals surface area (Å²) in [5.41, 5.74) is 0.608. The fourth-order valence-corrected chi connectivity index (χ4v) is 2.51. The molecule has 1 heterocycles. The van der Waals surface area contributed by atoms with Crippen molar-refractivity contribution in [3.63, 3.8) is 0 Å². The molecule has 1 aromatic heterocycles. The van der Waals surface area contributed by atoms with Gasteiger partial charge in [0.25, 0.3) is 5.91 Å². The van der Waals surface area contributed by atoms with Crippen LogP contribution in [0, 0.1) is 5.41 Å². The fraction of sp³-hybridized carbons (Fsp3) is 0.357. The molecule has 1 aliphatic carbocycles. The summed E-state index contributed by atoms with van der Waals surface area (Å²) in [6, 6.07) is 5.22. The minimum atomic E-state index is -0.825. The molecule has 6 nitrogen and oxygen atoms in total. The van der Waals surface area contributed by atoms with E-state index in [4.69, 9.17) is 0 Å². The number of aliphatic carboxylic acids is 1. The molecule has 0 bridgehead atoms. The zero-order valence-corrected chi connectivity index (χ0v) is 10.8. The summed E-state index contributed by atoms with van der Waals surface area (Å²) in [6.07, 6.45) is 3.81. The highest BCUT2D eigenvalue weighted by molar-refractivity contribution is 5.98. The minimum absolute atomic E-state index is 0.185. The van der Waals surface area contributed by atoms with E-state index in [0.717, 1.165) is 17.3 Å². The van der Waals surface area contributed by atoms with Crippen molar-refractivity contribution >= 4 is 22.8 Å². The van der Waals surface area contributed by atoms with Crippen molar-refractivity contribution in [3.8, 4) is 0 Å². The maximum Gasteiger partial charge on any atom is 0.311 e. The molecule has 0 saturated heterocycles. The molecule has 1 fully saturated rings. The number of carbonyl (C=O) groups is 2. The van der Waals surface area contributed by atoms with Crippen LogP contribution < -0.4 is 5.32 Å². The molecular weight excluding hydrogens is 258 g/mol. The van der Waals surface area contributed by atoms with Gasteiger partial charge in [-0.05, 0) is 31.0 Å². The van der Waals surface area contributed by atoms with E-state index in [2.05, 4.69) is 15.5 Å². The van der Waals surface area contributed by atoms with E-state index in [0.29, 0.717) is 18.4 Å². The highest BCUT2D eigenvalue weighted by Crippen LogP contribution is 2.40. The molecule has 1 saturated carbocycles. The van der Waals surface area contributed by atoms with Crippen LogP contribution in [0.3, 0.4) is 0 Å². The molecule has 2 aromatic rings. The Morgan fingerprint density at radius 1 is 1.40 bits per heavy atom. The SMILES string of the molecule is O=C(NCC1(C(=O)O)CCC1)c1ccc2[nH]ncc2c1. The van der Waals surface area contributed by atoms with Crippen LogP contribution in [-0.2, 0) is 4.79 Å². The molecule has 3 N–H and O–H groups in total. The quantitative estimate of drug-likeness (QED) is 0.787. The van der Waals surface area contributed by atoms with Crippen LogP contribution in [0.1, 0.15) is 29.6 Å². The van der Waals surface area contributed by atoms with Gasteiger partial charge in [0, 0.05) is 17.5 Å². The predicted molar refractivity (Wildman–Crippen MR) is 72.3 cm³/mol. The summed E-state index contributed by atoms with van der Waals surface area (Å²) >= 11 is 0. The molecule has 0 radical (unpaired) electrons. The first-order chi connectivity index (χ1) is 9.61. The molecule has 3 rings (SSSR count). The van der Waals surface area contributed by atoms with E-state index in [1.54, 1.807) is 24.4 Å². The maximum absolute atomic E-state index is 12.1. The number of amides is 1. The van der Waals surface area contributed by atoms with Gasteiger partial charge in [-0.1, -0.05) is 6.42 Å². The Morgan fingerprint density at radius 2 is 2.20 bits per heavy atom.